The van der Waals surface area contributed by atoms with E-state index in [0.29, 0.717) is 12.5 Å². The molecule has 4 heteroatoms. The molecular weight excluding hydrogens is 284 g/mol. The summed E-state index contributed by atoms with van der Waals surface area (Å²) in [6.45, 7) is 4.54. The standard InChI is InChI=1S/C19H24N4/c1-19(2)11-5-13-21-18(19)17-9-4-8-16(23-17)15-7-3-6-14(22-15)10-12-20/h3,5-7,13,16-17,23H,4,8-11H2,1-2H3/t16-,17+/m1/s1. The molecule has 23 heavy (non-hydrogen) atoms. The van der Waals surface area contributed by atoms with Crippen molar-refractivity contribution in [1.82, 2.24) is 10.3 Å². The molecular formula is C19H24N4. The molecule has 0 aromatic carbocycles. The van der Waals surface area contributed by atoms with Crippen LogP contribution in [-0.2, 0) is 6.42 Å². The Balaban J connectivity index is 1.79. The zero-order valence-electron chi connectivity index (χ0n) is 13.9. The summed E-state index contributed by atoms with van der Waals surface area (Å²) >= 11 is 0. The van der Waals surface area contributed by atoms with Gasteiger partial charge in [-0.05, 0) is 37.8 Å². The number of piperidine rings is 1. The molecule has 2 aliphatic heterocycles. The lowest BCUT2D eigenvalue weighted by molar-refractivity contribution is 0.351. The van der Waals surface area contributed by atoms with Crippen molar-refractivity contribution in [3.8, 4) is 6.07 Å². The summed E-state index contributed by atoms with van der Waals surface area (Å²) in [7, 11) is 0. The minimum absolute atomic E-state index is 0.115. The Morgan fingerprint density at radius 1 is 1.30 bits per heavy atom. The predicted molar refractivity (Wildman–Crippen MR) is 92.0 cm³/mol. The fourth-order valence-corrected chi connectivity index (χ4v) is 3.58. The van der Waals surface area contributed by atoms with Crippen molar-refractivity contribution in [2.75, 3.05) is 0 Å². The van der Waals surface area contributed by atoms with E-state index >= 15 is 0 Å². The number of rotatable bonds is 3. The molecule has 0 amide bonds. The van der Waals surface area contributed by atoms with Crippen LogP contribution in [0.2, 0.25) is 0 Å². The van der Waals surface area contributed by atoms with Gasteiger partial charge in [0.05, 0.1) is 23.9 Å². The van der Waals surface area contributed by atoms with E-state index in [1.54, 1.807) is 0 Å². The van der Waals surface area contributed by atoms with Crippen LogP contribution < -0.4 is 5.32 Å². The van der Waals surface area contributed by atoms with Crippen molar-refractivity contribution in [2.45, 2.75) is 58.0 Å². The Morgan fingerprint density at radius 2 is 2.13 bits per heavy atom. The van der Waals surface area contributed by atoms with Crippen molar-refractivity contribution in [2.24, 2.45) is 10.4 Å². The highest BCUT2D eigenvalue weighted by Crippen LogP contribution is 2.33. The Bertz CT molecular complexity index is 666. The molecule has 0 aliphatic carbocycles. The number of aromatic nitrogens is 1. The lowest BCUT2D eigenvalue weighted by atomic mass is 9.76. The Labute approximate surface area is 138 Å². The van der Waals surface area contributed by atoms with Gasteiger partial charge in [-0.25, -0.2) is 0 Å². The van der Waals surface area contributed by atoms with Gasteiger partial charge < -0.3 is 5.32 Å². The third-order valence-corrected chi connectivity index (χ3v) is 4.80. The van der Waals surface area contributed by atoms with E-state index in [0.717, 1.165) is 30.7 Å². The molecule has 120 valence electrons. The fraction of sp³-hybridized carbons (Fsp3) is 0.526. The zero-order chi connectivity index (χ0) is 16.3. The van der Waals surface area contributed by atoms with Crippen LogP contribution in [0.1, 0.15) is 57.0 Å². The van der Waals surface area contributed by atoms with Crippen LogP contribution in [-0.4, -0.2) is 16.7 Å². The monoisotopic (exact) mass is 308 g/mol. The number of hydrogen-bond donors (Lipinski definition) is 1. The first-order chi connectivity index (χ1) is 11.1. The second kappa shape index (κ2) is 6.64. The van der Waals surface area contributed by atoms with E-state index in [4.69, 9.17) is 10.3 Å². The average Bonchev–Trinajstić information content (AvgIpc) is 2.55. The van der Waals surface area contributed by atoms with E-state index in [9.17, 15) is 0 Å². The molecule has 0 radical (unpaired) electrons. The van der Waals surface area contributed by atoms with Gasteiger partial charge >= 0.3 is 0 Å². The molecule has 0 spiro atoms. The van der Waals surface area contributed by atoms with Crippen LogP contribution in [0.4, 0.5) is 0 Å². The van der Waals surface area contributed by atoms with E-state index in [1.165, 1.54) is 12.1 Å². The summed E-state index contributed by atoms with van der Waals surface area (Å²) in [5.41, 5.74) is 3.28. The summed E-state index contributed by atoms with van der Waals surface area (Å²) < 4.78 is 0. The number of hydrogen-bond acceptors (Lipinski definition) is 4. The summed E-state index contributed by atoms with van der Waals surface area (Å²) in [5.74, 6) is 0. The number of allylic oxidation sites excluding steroid dienone is 1. The van der Waals surface area contributed by atoms with Crippen LogP contribution in [0.3, 0.4) is 0 Å². The highest BCUT2D eigenvalue weighted by atomic mass is 15.0. The first kappa shape index (κ1) is 15.9. The van der Waals surface area contributed by atoms with Crippen LogP contribution in [0.5, 0.6) is 0 Å². The summed E-state index contributed by atoms with van der Waals surface area (Å²) in [5, 5.41) is 12.6. The van der Waals surface area contributed by atoms with Crippen molar-refractivity contribution < 1.29 is 0 Å². The van der Waals surface area contributed by atoms with Gasteiger partial charge in [0.1, 0.15) is 0 Å². The van der Waals surface area contributed by atoms with E-state index in [1.807, 2.05) is 18.3 Å². The lowest BCUT2D eigenvalue weighted by Gasteiger charge is -2.38. The average molecular weight is 308 g/mol. The molecule has 1 fully saturated rings. The van der Waals surface area contributed by atoms with Gasteiger partial charge in [-0.15, -0.1) is 0 Å². The maximum Gasteiger partial charge on any atom is 0.0774 e. The molecule has 3 rings (SSSR count). The summed E-state index contributed by atoms with van der Waals surface area (Å²) in [4.78, 5) is 9.35. The molecule has 1 N–H and O–H groups in total. The van der Waals surface area contributed by atoms with Crippen molar-refractivity contribution in [3.05, 3.63) is 41.9 Å². The Kier molecular flexibility index (Phi) is 4.58. The van der Waals surface area contributed by atoms with E-state index in [2.05, 4.69) is 42.4 Å². The minimum Gasteiger partial charge on any atom is -0.301 e. The maximum atomic E-state index is 8.86. The van der Waals surface area contributed by atoms with Gasteiger partial charge in [-0.3, -0.25) is 9.98 Å². The van der Waals surface area contributed by atoms with Crippen molar-refractivity contribution >= 4 is 5.71 Å². The molecule has 1 saturated heterocycles. The minimum atomic E-state index is 0.115. The van der Waals surface area contributed by atoms with Crippen LogP contribution in [0.25, 0.3) is 0 Å². The second-order valence-corrected chi connectivity index (χ2v) is 7.08. The topological polar surface area (TPSA) is 61.1 Å². The van der Waals surface area contributed by atoms with Crippen LogP contribution in [0.15, 0.2) is 35.5 Å². The number of nitriles is 1. The SMILES string of the molecule is CC1(C)CC=CN=C1[C@@H]1CCC[C@H](c2cccc(CC#N)n2)N1. The molecule has 3 heterocycles. The van der Waals surface area contributed by atoms with Gasteiger partial charge in [-0.1, -0.05) is 26.0 Å². The first-order valence-corrected chi connectivity index (χ1v) is 8.42. The van der Waals surface area contributed by atoms with Crippen LogP contribution >= 0.6 is 0 Å². The number of nitrogens with zero attached hydrogens (tertiary/aromatic N) is 3. The molecule has 0 unspecified atom stereocenters. The number of nitrogens with one attached hydrogen (secondary N) is 1. The molecule has 0 bridgehead atoms. The normalized spacial score (nSPS) is 26.4. The van der Waals surface area contributed by atoms with Gasteiger partial charge in [0.25, 0.3) is 0 Å². The van der Waals surface area contributed by atoms with Gasteiger partial charge in [-0.2, -0.15) is 5.26 Å². The van der Waals surface area contributed by atoms with Gasteiger partial charge in [0.15, 0.2) is 0 Å². The van der Waals surface area contributed by atoms with E-state index < -0.39 is 0 Å². The first-order valence-electron chi connectivity index (χ1n) is 8.42. The van der Waals surface area contributed by atoms with Crippen LogP contribution in [0, 0.1) is 16.7 Å². The smallest absolute Gasteiger partial charge is 0.0774 e. The molecule has 4 nitrogen and oxygen atoms in total. The molecule has 2 atom stereocenters. The molecule has 2 aliphatic rings. The summed E-state index contributed by atoms with van der Waals surface area (Å²) in [6, 6.07) is 8.73. The molecule has 1 aromatic heterocycles. The quantitative estimate of drug-likeness (QED) is 0.926. The number of pyridine rings is 1. The second-order valence-electron chi connectivity index (χ2n) is 7.08. The number of aliphatic imine (C=N–C) groups is 1. The Morgan fingerprint density at radius 3 is 2.91 bits per heavy atom. The largest absolute Gasteiger partial charge is 0.301 e. The van der Waals surface area contributed by atoms with Gasteiger partial charge in [0, 0.05) is 29.4 Å². The predicted octanol–water partition coefficient (Wildman–Crippen LogP) is 3.72. The third-order valence-electron chi connectivity index (χ3n) is 4.80. The van der Waals surface area contributed by atoms with E-state index in [-0.39, 0.29) is 11.5 Å². The third kappa shape index (κ3) is 3.51. The molecule has 0 saturated carbocycles. The van der Waals surface area contributed by atoms with Gasteiger partial charge in [0.2, 0.25) is 0 Å². The van der Waals surface area contributed by atoms with Crippen molar-refractivity contribution in [3.63, 3.8) is 0 Å². The van der Waals surface area contributed by atoms with Crippen molar-refractivity contribution in [1.29, 1.82) is 5.26 Å². The fourth-order valence-electron chi connectivity index (χ4n) is 3.58. The zero-order valence-corrected chi connectivity index (χ0v) is 13.9. The highest BCUT2D eigenvalue weighted by Gasteiger charge is 2.35. The summed E-state index contributed by atoms with van der Waals surface area (Å²) in [6.07, 6.45) is 8.90. The maximum absolute atomic E-state index is 8.86. The Hall–Kier alpha value is -1.99. The molecule has 1 aromatic rings. The highest BCUT2D eigenvalue weighted by molar-refractivity contribution is 5.95. The lowest BCUT2D eigenvalue weighted by Crippen LogP contribution is -2.48.